The van der Waals surface area contributed by atoms with Crippen molar-refractivity contribution in [2.24, 2.45) is 0 Å². The molecule has 0 amide bonds. The van der Waals surface area contributed by atoms with E-state index in [1.54, 1.807) is 0 Å². The predicted molar refractivity (Wildman–Crippen MR) is 73.0 cm³/mol. The molecule has 1 aliphatic rings. The minimum absolute atomic E-state index is 0.237. The highest BCUT2D eigenvalue weighted by Gasteiger charge is 2.21. The zero-order chi connectivity index (χ0) is 13.8. The molecule has 0 unspecified atom stereocenters. The SMILES string of the molecule is CCc1nc(C(=O)OC)c(N)n1CCN1CCCC1. The van der Waals surface area contributed by atoms with E-state index in [0.717, 1.165) is 38.4 Å². The van der Waals surface area contributed by atoms with Gasteiger partial charge in [0.15, 0.2) is 5.69 Å². The maximum atomic E-state index is 11.6. The number of aryl methyl sites for hydroxylation is 1. The normalized spacial score (nSPS) is 15.9. The van der Waals surface area contributed by atoms with Crippen LogP contribution in [0.1, 0.15) is 36.1 Å². The Bertz CT molecular complexity index is 450. The summed E-state index contributed by atoms with van der Waals surface area (Å²) in [6.45, 7) is 6.04. The van der Waals surface area contributed by atoms with Crippen LogP contribution in [-0.4, -0.2) is 47.2 Å². The molecule has 1 saturated heterocycles. The standard InChI is InChI=1S/C13H22N4O2/c1-3-10-15-11(13(18)19-2)12(14)17(10)9-8-16-6-4-5-7-16/h3-9,14H2,1-2H3. The number of nitrogen functional groups attached to an aromatic ring is 1. The van der Waals surface area contributed by atoms with Crippen molar-refractivity contribution < 1.29 is 9.53 Å². The highest BCUT2D eigenvalue weighted by atomic mass is 16.5. The van der Waals surface area contributed by atoms with Crippen LogP contribution in [0, 0.1) is 0 Å². The molecule has 2 rings (SSSR count). The zero-order valence-electron chi connectivity index (χ0n) is 11.7. The van der Waals surface area contributed by atoms with Gasteiger partial charge >= 0.3 is 5.97 Å². The molecule has 1 aliphatic heterocycles. The topological polar surface area (TPSA) is 73.4 Å². The van der Waals surface area contributed by atoms with Gasteiger partial charge in [0.2, 0.25) is 0 Å². The molecule has 1 aromatic rings. The van der Waals surface area contributed by atoms with Crippen molar-refractivity contribution in [3.8, 4) is 0 Å². The minimum Gasteiger partial charge on any atom is -0.464 e. The summed E-state index contributed by atoms with van der Waals surface area (Å²) in [5, 5.41) is 0. The third-order valence-electron chi connectivity index (χ3n) is 3.62. The van der Waals surface area contributed by atoms with Gasteiger partial charge in [0.05, 0.1) is 7.11 Å². The molecular formula is C13H22N4O2. The Morgan fingerprint density at radius 1 is 1.37 bits per heavy atom. The fourth-order valence-corrected chi connectivity index (χ4v) is 2.53. The van der Waals surface area contributed by atoms with Gasteiger partial charge in [-0.1, -0.05) is 6.92 Å². The second-order valence-electron chi connectivity index (χ2n) is 4.81. The molecule has 0 aromatic carbocycles. The zero-order valence-corrected chi connectivity index (χ0v) is 11.7. The molecule has 106 valence electrons. The van der Waals surface area contributed by atoms with Gasteiger partial charge in [0, 0.05) is 19.5 Å². The Hall–Kier alpha value is -1.56. The van der Waals surface area contributed by atoms with Crippen LogP contribution in [0.4, 0.5) is 5.82 Å². The molecule has 2 N–H and O–H groups in total. The van der Waals surface area contributed by atoms with E-state index < -0.39 is 5.97 Å². The van der Waals surface area contributed by atoms with Gasteiger partial charge in [0.1, 0.15) is 11.6 Å². The molecule has 0 atom stereocenters. The van der Waals surface area contributed by atoms with E-state index in [4.69, 9.17) is 10.5 Å². The average molecular weight is 266 g/mol. The molecule has 0 spiro atoms. The summed E-state index contributed by atoms with van der Waals surface area (Å²) < 4.78 is 6.64. The molecule has 0 aliphatic carbocycles. The summed E-state index contributed by atoms with van der Waals surface area (Å²) in [6, 6.07) is 0. The van der Waals surface area contributed by atoms with Crippen LogP contribution in [0.25, 0.3) is 0 Å². The van der Waals surface area contributed by atoms with Crippen molar-refractivity contribution >= 4 is 11.8 Å². The maximum absolute atomic E-state index is 11.6. The van der Waals surface area contributed by atoms with Crippen molar-refractivity contribution in [3.05, 3.63) is 11.5 Å². The van der Waals surface area contributed by atoms with Crippen LogP contribution in [0.2, 0.25) is 0 Å². The van der Waals surface area contributed by atoms with Crippen LogP contribution >= 0.6 is 0 Å². The molecule has 0 radical (unpaired) electrons. The van der Waals surface area contributed by atoms with Crippen LogP contribution in [0.3, 0.4) is 0 Å². The summed E-state index contributed by atoms with van der Waals surface area (Å²) in [6.07, 6.45) is 3.29. The number of carbonyl (C=O) groups is 1. The van der Waals surface area contributed by atoms with Crippen LogP contribution < -0.4 is 5.73 Å². The van der Waals surface area contributed by atoms with Crippen molar-refractivity contribution in [2.45, 2.75) is 32.7 Å². The summed E-state index contributed by atoms with van der Waals surface area (Å²) in [5.41, 5.74) is 6.26. The number of carbonyl (C=O) groups excluding carboxylic acids is 1. The third kappa shape index (κ3) is 2.89. The molecule has 0 saturated carbocycles. The minimum atomic E-state index is -0.466. The quantitative estimate of drug-likeness (QED) is 0.802. The Kier molecular flexibility index (Phi) is 4.42. The third-order valence-corrected chi connectivity index (χ3v) is 3.62. The lowest BCUT2D eigenvalue weighted by Gasteiger charge is -2.16. The predicted octanol–water partition coefficient (Wildman–Crippen LogP) is 0.910. The smallest absolute Gasteiger partial charge is 0.360 e. The number of nitrogens with zero attached hydrogens (tertiary/aromatic N) is 3. The fourth-order valence-electron chi connectivity index (χ4n) is 2.53. The average Bonchev–Trinajstić information content (AvgIpc) is 3.03. The van der Waals surface area contributed by atoms with Crippen molar-refractivity contribution in [3.63, 3.8) is 0 Å². The Morgan fingerprint density at radius 3 is 2.63 bits per heavy atom. The molecule has 2 heterocycles. The molecule has 6 nitrogen and oxygen atoms in total. The van der Waals surface area contributed by atoms with Crippen LogP contribution in [0.15, 0.2) is 0 Å². The number of anilines is 1. The van der Waals surface area contributed by atoms with E-state index in [-0.39, 0.29) is 5.69 Å². The van der Waals surface area contributed by atoms with Gasteiger partial charge in [-0.2, -0.15) is 0 Å². The van der Waals surface area contributed by atoms with E-state index in [0.29, 0.717) is 5.82 Å². The number of methoxy groups -OCH3 is 1. The van der Waals surface area contributed by atoms with Gasteiger partial charge in [-0.25, -0.2) is 9.78 Å². The lowest BCUT2D eigenvalue weighted by Crippen LogP contribution is -2.25. The largest absolute Gasteiger partial charge is 0.464 e. The molecular weight excluding hydrogens is 244 g/mol. The first kappa shape index (κ1) is 13.9. The fraction of sp³-hybridized carbons (Fsp3) is 0.692. The number of esters is 1. The highest BCUT2D eigenvalue weighted by Crippen LogP contribution is 2.17. The number of imidazole rings is 1. The first-order valence-electron chi connectivity index (χ1n) is 6.83. The molecule has 6 heteroatoms. The number of hydrogen-bond acceptors (Lipinski definition) is 5. The summed E-state index contributed by atoms with van der Waals surface area (Å²) in [4.78, 5) is 18.3. The van der Waals surface area contributed by atoms with Crippen molar-refractivity contribution in [1.29, 1.82) is 0 Å². The second-order valence-corrected chi connectivity index (χ2v) is 4.81. The van der Waals surface area contributed by atoms with Gasteiger partial charge in [-0.05, 0) is 25.9 Å². The highest BCUT2D eigenvalue weighted by molar-refractivity contribution is 5.92. The molecule has 1 aromatic heterocycles. The van der Waals surface area contributed by atoms with Gasteiger partial charge in [-0.15, -0.1) is 0 Å². The van der Waals surface area contributed by atoms with E-state index in [1.807, 2.05) is 11.5 Å². The van der Waals surface area contributed by atoms with Gasteiger partial charge in [-0.3, -0.25) is 0 Å². The summed E-state index contributed by atoms with van der Waals surface area (Å²) in [7, 11) is 1.34. The molecule has 1 fully saturated rings. The number of nitrogens with two attached hydrogens (primary N) is 1. The number of ether oxygens (including phenoxy) is 1. The number of aromatic nitrogens is 2. The Balaban J connectivity index is 2.13. The summed E-state index contributed by atoms with van der Waals surface area (Å²) in [5.74, 6) is 0.798. The van der Waals surface area contributed by atoms with Gasteiger partial charge in [0.25, 0.3) is 0 Å². The van der Waals surface area contributed by atoms with E-state index in [9.17, 15) is 4.79 Å². The lowest BCUT2D eigenvalue weighted by molar-refractivity contribution is 0.0595. The molecule has 19 heavy (non-hydrogen) atoms. The van der Waals surface area contributed by atoms with E-state index in [1.165, 1.54) is 20.0 Å². The van der Waals surface area contributed by atoms with Crippen LogP contribution in [0.5, 0.6) is 0 Å². The molecule has 0 bridgehead atoms. The summed E-state index contributed by atoms with van der Waals surface area (Å²) >= 11 is 0. The second kappa shape index (κ2) is 6.06. The Morgan fingerprint density at radius 2 is 2.05 bits per heavy atom. The van der Waals surface area contributed by atoms with Gasteiger partial charge < -0.3 is 19.9 Å². The van der Waals surface area contributed by atoms with Crippen molar-refractivity contribution in [2.75, 3.05) is 32.5 Å². The van der Waals surface area contributed by atoms with E-state index in [2.05, 4.69) is 9.88 Å². The first-order chi connectivity index (χ1) is 9.17. The lowest BCUT2D eigenvalue weighted by atomic mass is 10.4. The number of likely N-dealkylation sites (tertiary alicyclic amines) is 1. The Labute approximate surface area is 113 Å². The number of hydrogen-bond donors (Lipinski definition) is 1. The van der Waals surface area contributed by atoms with Crippen molar-refractivity contribution in [1.82, 2.24) is 14.5 Å². The first-order valence-corrected chi connectivity index (χ1v) is 6.83. The maximum Gasteiger partial charge on any atom is 0.360 e. The van der Waals surface area contributed by atoms with E-state index >= 15 is 0 Å². The monoisotopic (exact) mass is 266 g/mol. The number of rotatable bonds is 5. The van der Waals surface area contributed by atoms with Crippen LogP contribution in [-0.2, 0) is 17.7 Å².